The molecule has 0 atom stereocenters. The predicted molar refractivity (Wildman–Crippen MR) is 94.6 cm³/mol. The Bertz CT molecular complexity index is 966. The lowest BCUT2D eigenvalue weighted by atomic mass is 9.78. The third-order valence-electron chi connectivity index (χ3n) is 5.14. The molecule has 126 valence electrons. The van der Waals surface area contributed by atoms with Crippen LogP contribution in [0.2, 0.25) is 0 Å². The van der Waals surface area contributed by atoms with Crippen LogP contribution in [0, 0.1) is 0 Å². The number of phenolic OH excluding ortho intramolecular Hbond substituents is 1. The summed E-state index contributed by atoms with van der Waals surface area (Å²) in [6, 6.07) is 6.73. The van der Waals surface area contributed by atoms with Crippen molar-refractivity contribution in [2.45, 2.75) is 26.2 Å². The van der Waals surface area contributed by atoms with Crippen molar-refractivity contribution < 1.29 is 19.4 Å². The predicted octanol–water partition coefficient (Wildman–Crippen LogP) is 3.92. The molecule has 4 heteroatoms. The second-order valence-corrected chi connectivity index (χ2v) is 6.41. The Morgan fingerprint density at radius 1 is 1.08 bits per heavy atom. The van der Waals surface area contributed by atoms with Gasteiger partial charge in [-0.1, -0.05) is 30.7 Å². The zero-order valence-electron chi connectivity index (χ0n) is 14.2. The molecule has 0 unspecified atom stereocenters. The zero-order chi connectivity index (χ0) is 17.7. The van der Waals surface area contributed by atoms with Gasteiger partial charge in [0.25, 0.3) is 0 Å². The first kappa shape index (κ1) is 15.6. The van der Waals surface area contributed by atoms with Crippen molar-refractivity contribution in [2.24, 2.45) is 0 Å². The van der Waals surface area contributed by atoms with Gasteiger partial charge in [0.05, 0.1) is 18.2 Å². The van der Waals surface area contributed by atoms with Crippen LogP contribution in [0.1, 0.15) is 62.7 Å². The van der Waals surface area contributed by atoms with E-state index < -0.39 is 0 Å². The summed E-state index contributed by atoms with van der Waals surface area (Å²) < 4.78 is 5.26. The van der Waals surface area contributed by atoms with Gasteiger partial charge in [-0.05, 0) is 37.0 Å². The molecule has 25 heavy (non-hydrogen) atoms. The molecule has 1 N–H and O–H groups in total. The van der Waals surface area contributed by atoms with Gasteiger partial charge >= 0.3 is 0 Å². The number of ketones is 2. The first-order valence-electron chi connectivity index (χ1n) is 8.41. The summed E-state index contributed by atoms with van der Waals surface area (Å²) in [5.74, 6) is -0.313. The fourth-order valence-corrected chi connectivity index (χ4v) is 3.78. The molecule has 0 radical (unpaired) electrons. The molecule has 0 saturated heterocycles. The highest BCUT2D eigenvalue weighted by Gasteiger charge is 2.36. The summed E-state index contributed by atoms with van der Waals surface area (Å²) in [7, 11) is 1.46. The number of fused-ring (bicyclic) bond motifs is 3. The number of hydrogen-bond donors (Lipinski definition) is 1. The van der Waals surface area contributed by atoms with E-state index in [1.165, 1.54) is 12.7 Å². The average Bonchev–Trinajstić information content (AvgIpc) is 2.64. The first-order valence-corrected chi connectivity index (χ1v) is 8.41. The van der Waals surface area contributed by atoms with Crippen LogP contribution in [0.25, 0.3) is 6.08 Å². The Morgan fingerprint density at radius 2 is 1.88 bits per heavy atom. The lowest BCUT2D eigenvalue weighted by Crippen LogP contribution is -2.23. The zero-order valence-corrected chi connectivity index (χ0v) is 14.2. The average molecular weight is 334 g/mol. The van der Waals surface area contributed by atoms with Crippen LogP contribution < -0.4 is 4.74 Å². The van der Waals surface area contributed by atoms with Crippen molar-refractivity contribution in [3.63, 3.8) is 0 Å². The number of allylic oxidation sites excluding steroid dienone is 1. The molecule has 0 bridgehead atoms. The van der Waals surface area contributed by atoms with Gasteiger partial charge in [0.15, 0.2) is 5.78 Å². The van der Waals surface area contributed by atoms with E-state index in [-0.39, 0.29) is 34.0 Å². The number of hydrogen-bond acceptors (Lipinski definition) is 4. The Hall–Kier alpha value is -2.88. The summed E-state index contributed by atoms with van der Waals surface area (Å²) in [6.45, 7) is 2.09. The molecule has 0 aliphatic heterocycles. The Balaban J connectivity index is 2.00. The fraction of sp³-hybridized carbons (Fsp3) is 0.238. The summed E-state index contributed by atoms with van der Waals surface area (Å²) in [6.07, 6.45) is 4.49. The monoisotopic (exact) mass is 334 g/mol. The third-order valence-corrected chi connectivity index (χ3v) is 5.14. The van der Waals surface area contributed by atoms with Crippen LogP contribution in [0.5, 0.6) is 11.5 Å². The standard InChI is InChI=1S/C21H18O4/c1-3-11-7-8-13-12(9-11)10-15-18(20(13)23)21(24)17-14(19(15)22)5-4-6-16(17)25-2/h4-6,9-10,23H,3,7-8H2,1-2H3. The van der Waals surface area contributed by atoms with E-state index in [0.29, 0.717) is 17.7 Å². The van der Waals surface area contributed by atoms with Gasteiger partial charge in [-0.15, -0.1) is 0 Å². The molecular formula is C21H18O4. The van der Waals surface area contributed by atoms with E-state index in [0.717, 1.165) is 24.0 Å². The minimum absolute atomic E-state index is 0.0613. The van der Waals surface area contributed by atoms with Crippen LogP contribution >= 0.6 is 0 Å². The number of rotatable bonds is 2. The van der Waals surface area contributed by atoms with Gasteiger partial charge < -0.3 is 9.84 Å². The number of carbonyl (C=O) groups excluding carboxylic acids is 2. The number of ether oxygens (including phenoxy) is 1. The van der Waals surface area contributed by atoms with Crippen LogP contribution in [0.4, 0.5) is 0 Å². The maximum absolute atomic E-state index is 13.1. The number of phenols is 1. The quantitative estimate of drug-likeness (QED) is 0.771. The molecule has 4 rings (SSSR count). The lowest BCUT2D eigenvalue weighted by Gasteiger charge is -2.24. The number of benzene rings is 2. The van der Waals surface area contributed by atoms with Crippen molar-refractivity contribution >= 4 is 17.6 Å². The van der Waals surface area contributed by atoms with E-state index >= 15 is 0 Å². The fourth-order valence-electron chi connectivity index (χ4n) is 3.78. The van der Waals surface area contributed by atoms with Gasteiger partial charge in [0.2, 0.25) is 5.78 Å². The smallest absolute Gasteiger partial charge is 0.201 e. The van der Waals surface area contributed by atoms with Crippen molar-refractivity contribution in [3.05, 3.63) is 63.2 Å². The van der Waals surface area contributed by atoms with Gasteiger partial charge in [-0.25, -0.2) is 0 Å². The van der Waals surface area contributed by atoms with Gasteiger partial charge in [0.1, 0.15) is 11.5 Å². The van der Waals surface area contributed by atoms with Crippen LogP contribution in [0.3, 0.4) is 0 Å². The van der Waals surface area contributed by atoms with Crippen LogP contribution in [-0.2, 0) is 6.42 Å². The summed E-state index contributed by atoms with van der Waals surface area (Å²) in [5.41, 5.74) is 3.81. The van der Waals surface area contributed by atoms with Crippen molar-refractivity contribution in [1.82, 2.24) is 0 Å². The van der Waals surface area contributed by atoms with Crippen LogP contribution in [-0.4, -0.2) is 23.8 Å². The number of methoxy groups -OCH3 is 1. The topological polar surface area (TPSA) is 63.6 Å². The van der Waals surface area contributed by atoms with Crippen molar-refractivity contribution in [2.75, 3.05) is 7.11 Å². The molecule has 2 aliphatic carbocycles. The number of aromatic hydroxyl groups is 1. The molecule has 4 nitrogen and oxygen atoms in total. The van der Waals surface area contributed by atoms with Crippen molar-refractivity contribution in [3.8, 4) is 11.5 Å². The minimum Gasteiger partial charge on any atom is -0.507 e. The highest BCUT2D eigenvalue weighted by atomic mass is 16.5. The number of carbonyl (C=O) groups is 2. The third kappa shape index (κ3) is 2.14. The Labute approximate surface area is 145 Å². The maximum atomic E-state index is 13.1. The minimum atomic E-state index is -0.354. The van der Waals surface area contributed by atoms with E-state index in [2.05, 4.69) is 6.92 Å². The van der Waals surface area contributed by atoms with Crippen LogP contribution in [0.15, 0.2) is 29.8 Å². The Morgan fingerprint density at radius 3 is 2.60 bits per heavy atom. The molecule has 0 heterocycles. The largest absolute Gasteiger partial charge is 0.507 e. The first-order chi connectivity index (χ1) is 12.1. The molecule has 0 spiro atoms. The highest BCUT2D eigenvalue weighted by Crippen LogP contribution is 2.42. The summed E-state index contributed by atoms with van der Waals surface area (Å²) >= 11 is 0. The molecule has 0 fully saturated rings. The molecule has 2 aromatic carbocycles. The summed E-state index contributed by atoms with van der Waals surface area (Å²) in [5, 5.41) is 10.8. The second kappa shape index (κ2) is 5.59. The van der Waals surface area contributed by atoms with Crippen molar-refractivity contribution in [1.29, 1.82) is 0 Å². The Kier molecular flexibility index (Phi) is 3.49. The van der Waals surface area contributed by atoms with Gasteiger partial charge in [-0.3, -0.25) is 9.59 Å². The van der Waals surface area contributed by atoms with E-state index in [1.54, 1.807) is 24.3 Å². The maximum Gasteiger partial charge on any atom is 0.201 e. The van der Waals surface area contributed by atoms with Gasteiger partial charge in [-0.2, -0.15) is 0 Å². The van der Waals surface area contributed by atoms with E-state index in [1.807, 2.05) is 6.08 Å². The SMILES string of the molecule is CCC1=Cc2cc3c(c(O)c2CC1)C(=O)c1c(OC)cccc1C3=O. The molecule has 2 aliphatic rings. The van der Waals surface area contributed by atoms with Gasteiger partial charge in [0, 0.05) is 16.7 Å². The van der Waals surface area contributed by atoms with E-state index in [4.69, 9.17) is 4.74 Å². The summed E-state index contributed by atoms with van der Waals surface area (Å²) in [4.78, 5) is 26.0. The molecule has 2 aromatic rings. The molecule has 0 saturated carbocycles. The normalized spacial score (nSPS) is 15.2. The lowest BCUT2D eigenvalue weighted by molar-refractivity contribution is 0.0974. The molecular weight excluding hydrogens is 316 g/mol. The van der Waals surface area contributed by atoms with E-state index in [9.17, 15) is 14.7 Å². The highest BCUT2D eigenvalue weighted by molar-refractivity contribution is 6.30. The molecule has 0 aromatic heterocycles. The molecule has 0 amide bonds. The second-order valence-electron chi connectivity index (χ2n) is 6.41.